The van der Waals surface area contributed by atoms with Crippen LogP contribution in [-0.4, -0.2) is 52.1 Å². The highest BCUT2D eigenvalue weighted by Crippen LogP contribution is 2.43. The number of hydrogen-bond donors (Lipinski definition) is 3. The number of aliphatic hydroxyl groups excluding tert-OH is 1. The lowest BCUT2D eigenvalue weighted by molar-refractivity contribution is -0.268. The first-order valence-electron chi connectivity index (χ1n) is 16.6. The van der Waals surface area contributed by atoms with Crippen molar-refractivity contribution in [2.75, 3.05) is 11.1 Å². The minimum absolute atomic E-state index is 0.00856. The number of sulfonamides is 1. The van der Waals surface area contributed by atoms with Crippen molar-refractivity contribution in [2.24, 2.45) is 13.0 Å². The fourth-order valence-electron chi connectivity index (χ4n) is 5.83. The minimum Gasteiger partial charge on any atom is -0.392 e. The third-order valence-corrected chi connectivity index (χ3v) is 11.5. The van der Waals surface area contributed by atoms with Crippen molar-refractivity contribution >= 4 is 33.4 Å². The first-order valence-corrected chi connectivity index (χ1v) is 19.1. The van der Waals surface area contributed by atoms with E-state index in [0.29, 0.717) is 11.4 Å². The number of aryl methyl sites for hydroxylation is 2. The molecule has 1 aromatic heterocycles. The molecule has 0 aliphatic carbocycles. The highest BCUT2D eigenvalue weighted by Gasteiger charge is 2.38. The van der Waals surface area contributed by atoms with Crippen LogP contribution in [0, 0.1) is 12.8 Å². The van der Waals surface area contributed by atoms with Crippen LogP contribution in [0.2, 0.25) is 0 Å². The molecule has 3 N–H and O–H groups in total. The fraction of sp³-hybridized carbons (Fsp3) is 0.289. The van der Waals surface area contributed by atoms with E-state index in [0.717, 1.165) is 33.0 Å². The summed E-state index contributed by atoms with van der Waals surface area (Å²) in [5.41, 5.74) is 4.78. The largest absolute Gasteiger partial charge is 0.392 e. The Labute approximate surface area is 302 Å². The van der Waals surface area contributed by atoms with Gasteiger partial charge in [0.15, 0.2) is 11.4 Å². The van der Waals surface area contributed by atoms with Gasteiger partial charge in [0.2, 0.25) is 15.9 Å². The molecule has 266 valence electrons. The van der Waals surface area contributed by atoms with Gasteiger partial charge in [0.1, 0.15) is 12.4 Å². The van der Waals surface area contributed by atoms with Crippen molar-refractivity contribution in [1.29, 1.82) is 0 Å². The molecule has 0 unspecified atom stereocenters. The number of aliphatic hydroxyl groups is 1. The number of rotatable bonds is 13. The second-order valence-electron chi connectivity index (χ2n) is 12.6. The second-order valence-corrected chi connectivity index (χ2v) is 15.3. The first kappa shape index (κ1) is 36.4. The third-order valence-electron chi connectivity index (χ3n) is 8.85. The van der Waals surface area contributed by atoms with Crippen LogP contribution in [0.4, 0.5) is 5.69 Å². The molecule has 4 aromatic carbocycles. The molecule has 0 spiro atoms. The van der Waals surface area contributed by atoms with Crippen LogP contribution in [0.1, 0.15) is 47.1 Å². The number of nitrogens with one attached hydrogen (secondary N) is 2. The van der Waals surface area contributed by atoms with Crippen molar-refractivity contribution in [3.63, 3.8) is 0 Å². The maximum absolute atomic E-state index is 13.7. The number of amides is 1. The molecular weight excluding hydrogens is 687 g/mol. The van der Waals surface area contributed by atoms with E-state index in [1.165, 1.54) is 12.1 Å². The number of carbonyl (C=O) groups is 1. The van der Waals surface area contributed by atoms with Gasteiger partial charge in [0.05, 0.1) is 23.7 Å². The van der Waals surface area contributed by atoms with Crippen molar-refractivity contribution in [3.8, 4) is 0 Å². The van der Waals surface area contributed by atoms with E-state index in [1.54, 1.807) is 42.4 Å². The Kier molecular flexibility index (Phi) is 11.7. The van der Waals surface area contributed by atoms with Crippen molar-refractivity contribution in [2.45, 2.75) is 61.5 Å². The van der Waals surface area contributed by atoms with Gasteiger partial charge >= 0.3 is 0 Å². The van der Waals surface area contributed by atoms with Crippen molar-refractivity contribution in [3.05, 3.63) is 137 Å². The van der Waals surface area contributed by atoms with E-state index in [-0.39, 0.29) is 36.0 Å². The molecule has 1 saturated heterocycles. The number of nitrogens with zero attached hydrogens (tertiary/aromatic N) is 3. The van der Waals surface area contributed by atoms with Crippen LogP contribution in [0.15, 0.2) is 120 Å². The molecule has 13 heteroatoms. The molecule has 11 nitrogen and oxygen atoms in total. The lowest BCUT2D eigenvalue weighted by atomic mass is 9.91. The smallest absolute Gasteiger partial charge is 0.242 e. The van der Waals surface area contributed by atoms with Crippen LogP contribution in [0.3, 0.4) is 0 Å². The number of benzene rings is 4. The molecule has 2 heterocycles. The molecule has 6 rings (SSSR count). The summed E-state index contributed by atoms with van der Waals surface area (Å²) in [4.78, 5) is 13.8. The number of ether oxygens (including phenoxy) is 2. The van der Waals surface area contributed by atoms with Gasteiger partial charge in [0.25, 0.3) is 0 Å². The van der Waals surface area contributed by atoms with Crippen LogP contribution in [0.25, 0.3) is 0 Å². The van der Waals surface area contributed by atoms with E-state index >= 15 is 0 Å². The van der Waals surface area contributed by atoms with Crippen LogP contribution < -0.4 is 10.0 Å². The van der Waals surface area contributed by atoms with Crippen LogP contribution >= 0.6 is 11.8 Å². The maximum Gasteiger partial charge on any atom is 0.242 e. The lowest BCUT2D eigenvalue weighted by Gasteiger charge is -2.41. The second kappa shape index (κ2) is 16.3. The molecule has 5 atom stereocenters. The van der Waals surface area contributed by atoms with Gasteiger partial charge in [-0.2, -0.15) is 4.72 Å². The van der Waals surface area contributed by atoms with E-state index < -0.39 is 28.3 Å². The van der Waals surface area contributed by atoms with Gasteiger partial charge < -0.3 is 24.5 Å². The third kappa shape index (κ3) is 9.11. The quantitative estimate of drug-likeness (QED) is 0.130. The molecule has 5 aromatic rings. The van der Waals surface area contributed by atoms with Gasteiger partial charge in [-0.05, 0) is 54.3 Å². The van der Waals surface area contributed by atoms with Crippen molar-refractivity contribution in [1.82, 2.24) is 19.5 Å². The Hall–Kier alpha value is -4.37. The van der Waals surface area contributed by atoms with Gasteiger partial charge in [-0.15, -0.1) is 10.2 Å². The molecular formula is C38H41N5O6S2. The van der Waals surface area contributed by atoms with Crippen molar-refractivity contribution < 1.29 is 27.8 Å². The zero-order chi connectivity index (χ0) is 36.0. The average Bonchev–Trinajstić information content (AvgIpc) is 3.56. The zero-order valence-electron chi connectivity index (χ0n) is 28.5. The van der Waals surface area contributed by atoms with E-state index in [4.69, 9.17) is 9.47 Å². The number of anilines is 1. The zero-order valence-corrected chi connectivity index (χ0v) is 30.2. The van der Waals surface area contributed by atoms with Crippen LogP contribution in [-0.2, 0) is 44.4 Å². The Morgan fingerprint density at radius 3 is 2.25 bits per heavy atom. The summed E-state index contributed by atoms with van der Waals surface area (Å²) in [5.74, 6) is 0.119. The van der Waals surface area contributed by atoms with Gasteiger partial charge in [-0.25, -0.2) is 8.42 Å². The monoisotopic (exact) mass is 727 g/mol. The molecule has 0 radical (unpaired) electrons. The normalized spacial score (nSPS) is 19.8. The van der Waals surface area contributed by atoms with E-state index in [1.807, 2.05) is 85.3 Å². The maximum atomic E-state index is 13.7. The van der Waals surface area contributed by atoms with E-state index in [9.17, 15) is 18.3 Å². The Balaban J connectivity index is 1.19. The Morgan fingerprint density at radius 2 is 1.61 bits per heavy atom. The number of carbonyl (C=O) groups excluding carboxylic acids is 1. The molecule has 1 aliphatic heterocycles. The predicted octanol–water partition coefficient (Wildman–Crippen LogP) is 5.73. The Morgan fingerprint density at radius 1 is 0.922 bits per heavy atom. The first-order chi connectivity index (χ1) is 24.6. The number of hydrogen-bond acceptors (Lipinski definition) is 9. The fourth-order valence-corrected chi connectivity index (χ4v) is 8.08. The summed E-state index contributed by atoms with van der Waals surface area (Å²) in [6.07, 6.45) is 0.625. The standard InChI is InChI=1S/C38H41N5O6S2/c1-25-9-19-32(20-10-25)51(46,47)42-33(21-27-7-5-4-6-8-27)36(45)40-31-17-15-30(16-18-31)37-48-34(23-50-38-41-39-24-43(38)3)26(2)35(49-37)29-13-11-28(22-44)12-14-29/h4-20,24,26,33-35,37,42,44H,21-23H2,1-3H3,(H,40,45)/t26-,33+,34+,35+,37+/m0/s1. The lowest BCUT2D eigenvalue weighted by Crippen LogP contribution is -2.45. The summed E-state index contributed by atoms with van der Waals surface area (Å²) in [7, 11) is -2.09. The molecule has 1 amide bonds. The summed E-state index contributed by atoms with van der Waals surface area (Å²) in [6, 6.07) is 29.6. The average molecular weight is 728 g/mol. The highest BCUT2D eigenvalue weighted by molar-refractivity contribution is 7.99. The highest BCUT2D eigenvalue weighted by atomic mass is 32.2. The molecule has 0 saturated carbocycles. The molecule has 1 fully saturated rings. The van der Waals surface area contributed by atoms with Gasteiger partial charge in [-0.1, -0.05) is 103 Å². The molecule has 51 heavy (non-hydrogen) atoms. The van der Waals surface area contributed by atoms with Gasteiger partial charge in [-0.3, -0.25) is 4.79 Å². The molecule has 0 bridgehead atoms. The summed E-state index contributed by atoms with van der Waals surface area (Å²) >= 11 is 1.56. The van der Waals surface area contributed by atoms with Gasteiger partial charge in [0, 0.05) is 30.0 Å². The topological polar surface area (TPSA) is 145 Å². The van der Waals surface area contributed by atoms with E-state index in [2.05, 4.69) is 27.2 Å². The summed E-state index contributed by atoms with van der Waals surface area (Å²) in [6.45, 7) is 3.93. The Bertz CT molecular complexity index is 2010. The minimum atomic E-state index is -3.99. The van der Waals surface area contributed by atoms with Crippen LogP contribution in [0.5, 0.6) is 0 Å². The SMILES string of the molecule is Cc1ccc(S(=O)(=O)N[C@H](Cc2ccccc2)C(=O)Nc2ccc([C@@H]3O[C@H](CSc4nncn4C)[C@H](C)[C@H](c4ccc(CO)cc4)O3)cc2)cc1. The predicted molar refractivity (Wildman–Crippen MR) is 195 cm³/mol. The summed E-state index contributed by atoms with van der Waals surface area (Å²) in [5, 5.41) is 21.4. The number of aromatic nitrogens is 3. The molecule has 1 aliphatic rings. The summed E-state index contributed by atoms with van der Waals surface area (Å²) < 4.78 is 44.2. The number of thioether (sulfide) groups is 1.